The molecule has 7 heteroatoms. The third-order valence-corrected chi connectivity index (χ3v) is 5.49. The fraction of sp³-hybridized carbons (Fsp3) is 0.263. The van der Waals surface area contributed by atoms with Gasteiger partial charge in [0.15, 0.2) is 0 Å². The molecular formula is C19H20I2N2O3. The van der Waals surface area contributed by atoms with Crippen LogP contribution in [-0.4, -0.2) is 24.3 Å². The molecule has 0 aliphatic heterocycles. The van der Waals surface area contributed by atoms with Gasteiger partial charge in [0.25, 0.3) is 0 Å². The lowest BCUT2D eigenvalue weighted by atomic mass is 10.0. The van der Waals surface area contributed by atoms with E-state index in [9.17, 15) is 9.90 Å². The first kappa shape index (κ1) is 20.9. The molecule has 0 aromatic heterocycles. The van der Waals surface area contributed by atoms with Crippen LogP contribution in [0.2, 0.25) is 0 Å². The van der Waals surface area contributed by atoms with Crippen molar-refractivity contribution >= 4 is 57.3 Å². The van der Waals surface area contributed by atoms with E-state index in [1.54, 1.807) is 25.5 Å². The van der Waals surface area contributed by atoms with Crippen LogP contribution in [0.25, 0.3) is 0 Å². The number of rotatable bonds is 7. The molecule has 0 atom stereocenters. The predicted octanol–water partition coefficient (Wildman–Crippen LogP) is 4.39. The van der Waals surface area contributed by atoms with Crippen molar-refractivity contribution in [3.8, 4) is 11.5 Å². The summed E-state index contributed by atoms with van der Waals surface area (Å²) in [6.45, 7) is 2.04. The van der Waals surface area contributed by atoms with Crippen LogP contribution in [0.4, 0.5) is 0 Å². The van der Waals surface area contributed by atoms with E-state index >= 15 is 0 Å². The lowest BCUT2D eigenvalue weighted by molar-refractivity contribution is -0.121. The van der Waals surface area contributed by atoms with Crippen molar-refractivity contribution in [2.75, 3.05) is 7.11 Å². The number of carbonyl (C=O) groups excluding carboxylic acids is 1. The SMILES string of the molecule is COc1ccc(CCCC(=O)N/N=C\c2cc(I)c(O)c(I)c2)c(C)c1. The summed E-state index contributed by atoms with van der Waals surface area (Å²) in [6, 6.07) is 9.59. The number of methoxy groups -OCH3 is 1. The van der Waals surface area contributed by atoms with Crippen molar-refractivity contribution < 1.29 is 14.6 Å². The number of phenols is 1. The number of halogens is 2. The van der Waals surface area contributed by atoms with Crippen molar-refractivity contribution in [3.63, 3.8) is 0 Å². The molecule has 0 saturated heterocycles. The van der Waals surface area contributed by atoms with E-state index in [0.29, 0.717) is 6.42 Å². The molecule has 0 aliphatic carbocycles. The zero-order chi connectivity index (χ0) is 19.1. The summed E-state index contributed by atoms with van der Waals surface area (Å²) in [4.78, 5) is 11.9. The minimum Gasteiger partial charge on any atom is -0.506 e. The first-order valence-corrected chi connectivity index (χ1v) is 10.2. The summed E-state index contributed by atoms with van der Waals surface area (Å²) < 4.78 is 6.69. The van der Waals surface area contributed by atoms with E-state index in [1.165, 1.54) is 11.1 Å². The summed E-state index contributed by atoms with van der Waals surface area (Å²) in [5, 5.41) is 13.7. The van der Waals surface area contributed by atoms with Crippen molar-refractivity contribution in [3.05, 3.63) is 54.2 Å². The topological polar surface area (TPSA) is 70.9 Å². The van der Waals surface area contributed by atoms with E-state index in [-0.39, 0.29) is 11.7 Å². The average Bonchev–Trinajstić information content (AvgIpc) is 2.61. The van der Waals surface area contributed by atoms with Crippen LogP contribution < -0.4 is 10.2 Å². The maximum Gasteiger partial charge on any atom is 0.240 e. The third kappa shape index (κ3) is 6.11. The van der Waals surface area contributed by atoms with Crippen molar-refractivity contribution in [1.29, 1.82) is 0 Å². The number of carbonyl (C=O) groups is 1. The lowest BCUT2D eigenvalue weighted by Crippen LogP contribution is -2.17. The second kappa shape index (κ2) is 10.1. The fourth-order valence-electron chi connectivity index (χ4n) is 2.41. The van der Waals surface area contributed by atoms with Gasteiger partial charge in [0, 0.05) is 6.42 Å². The standard InChI is InChI=1S/C19H20I2N2O3/c1-12-8-15(26-2)7-6-14(12)4-3-5-18(24)23-22-11-13-9-16(20)19(25)17(21)10-13/h6-11,25H,3-5H2,1-2H3,(H,23,24)/b22-11-. The number of aromatic hydroxyl groups is 1. The first-order valence-electron chi connectivity index (χ1n) is 8.04. The third-order valence-electron chi connectivity index (χ3n) is 3.84. The van der Waals surface area contributed by atoms with Gasteiger partial charge in [-0.05, 0) is 106 Å². The molecule has 1 amide bonds. The van der Waals surface area contributed by atoms with Crippen molar-refractivity contribution in [2.24, 2.45) is 5.10 Å². The Morgan fingerprint density at radius 2 is 1.96 bits per heavy atom. The molecule has 2 rings (SSSR count). The lowest BCUT2D eigenvalue weighted by Gasteiger charge is -2.07. The summed E-state index contributed by atoms with van der Waals surface area (Å²) >= 11 is 4.12. The highest BCUT2D eigenvalue weighted by Crippen LogP contribution is 2.26. The van der Waals surface area contributed by atoms with Gasteiger partial charge in [-0.2, -0.15) is 5.10 Å². The Bertz CT molecular complexity index is 799. The zero-order valence-electron chi connectivity index (χ0n) is 14.6. The summed E-state index contributed by atoms with van der Waals surface area (Å²) in [7, 11) is 1.65. The van der Waals surface area contributed by atoms with E-state index < -0.39 is 0 Å². The maximum absolute atomic E-state index is 11.9. The van der Waals surface area contributed by atoms with Crippen molar-refractivity contribution in [2.45, 2.75) is 26.2 Å². The smallest absolute Gasteiger partial charge is 0.240 e. The van der Waals surface area contributed by atoms with Gasteiger partial charge in [-0.15, -0.1) is 0 Å². The number of nitrogens with zero attached hydrogens (tertiary/aromatic N) is 1. The molecule has 0 heterocycles. The number of nitrogens with one attached hydrogen (secondary N) is 1. The minimum absolute atomic E-state index is 0.115. The highest BCUT2D eigenvalue weighted by Gasteiger charge is 2.05. The number of phenolic OH excluding ortho intramolecular Hbond substituents is 1. The maximum atomic E-state index is 11.9. The number of hydrogen-bond acceptors (Lipinski definition) is 4. The molecule has 2 aromatic rings. The number of hydrazone groups is 1. The summed E-state index contributed by atoms with van der Waals surface area (Å²) in [5.41, 5.74) is 5.76. The Balaban J connectivity index is 1.80. The van der Waals surface area contributed by atoms with E-state index in [0.717, 1.165) is 31.3 Å². The predicted molar refractivity (Wildman–Crippen MR) is 120 cm³/mol. The summed E-state index contributed by atoms with van der Waals surface area (Å²) in [5.74, 6) is 0.994. The Morgan fingerprint density at radius 3 is 2.58 bits per heavy atom. The van der Waals surface area contributed by atoms with Crippen LogP contribution in [0.5, 0.6) is 11.5 Å². The molecule has 0 fully saturated rings. The van der Waals surface area contributed by atoms with Gasteiger partial charge in [-0.25, -0.2) is 5.43 Å². The summed E-state index contributed by atoms with van der Waals surface area (Å²) in [6.07, 6.45) is 3.58. The van der Waals surface area contributed by atoms with Crippen LogP contribution >= 0.6 is 45.2 Å². The molecule has 0 saturated carbocycles. The first-order chi connectivity index (χ1) is 12.4. The van der Waals surface area contributed by atoms with Gasteiger partial charge >= 0.3 is 0 Å². The van der Waals surface area contributed by atoms with Gasteiger partial charge in [0.1, 0.15) is 11.5 Å². The molecule has 0 spiro atoms. The molecular weight excluding hydrogens is 558 g/mol. The Morgan fingerprint density at radius 1 is 1.27 bits per heavy atom. The fourth-order valence-corrected chi connectivity index (χ4v) is 4.23. The highest BCUT2D eigenvalue weighted by molar-refractivity contribution is 14.1. The molecule has 0 bridgehead atoms. The van der Waals surface area contributed by atoms with Gasteiger partial charge in [-0.1, -0.05) is 6.07 Å². The quantitative estimate of drug-likeness (QED) is 0.291. The van der Waals surface area contributed by atoms with Gasteiger partial charge in [0.05, 0.1) is 20.5 Å². The number of hydrogen-bond donors (Lipinski definition) is 2. The highest BCUT2D eigenvalue weighted by atomic mass is 127. The van der Waals surface area contributed by atoms with Crippen molar-refractivity contribution in [1.82, 2.24) is 5.43 Å². The second-order valence-corrected chi connectivity index (χ2v) is 8.10. The number of ether oxygens (including phenoxy) is 1. The molecule has 26 heavy (non-hydrogen) atoms. The van der Waals surface area contributed by atoms with E-state index in [4.69, 9.17) is 4.74 Å². The Hall–Kier alpha value is -1.36. The molecule has 0 unspecified atom stereocenters. The number of amides is 1. The van der Waals surface area contributed by atoms with Crippen LogP contribution in [0.1, 0.15) is 29.5 Å². The molecule has 0 radical (unpaired) electrons. The Labute approximate surface area is 180 Å². The number of benzene rings is 2. The van der Waals surface area contributed by atoms with Crippen LogP contribution in [0.3, 0.4) is 0 Å². The average molecular weight is 578 g/mol. The van der Waals surface area contributed by atoms with Crippen LogP contribution in [-0.2, 0) is 11.2 Å². The van der Waals surface area contributed by atoms with Gasteiger partial charge in [-0.3, -0.25) is 4.79 Å². The molecule has 0 aliphatic rings. The monoisotopic (exact) mass is 578 g/mol. The second-order valence-electron chi connectivity index (χ2n) is 5.77. The normalized spacial score (nSPS) is 10.9. The van der Waals surface area contributed by atoms with E-state index in [2.05, 4.69) is 55.7 Å². The zero-order valence-corrected chi connectivity index (χ0v) is 18.9. The number of aryl methyl sites for hydroxylation is 2. The molecule has 5 nitrogen and oxygen atoms in total. The van der Waals surface area contributed by atoms with Crippen LogP contribution in [0, 0.1) is 14.1 Å². The Kier molecular flexibility index (Phi) is 8.14. The van der Waals surface area contributed by atoms with Gasteiger partial charge < -0.3 is 9.84 Å². The largest absolute Gasteiger partial charge is 0.506 e. The molecule has 138 valence electrons. The van der Waals surface area contributed by atoms with Crippen LogP contribution in [0.15, 0.2) is 35.4 Å². The minimum atomic E-state index is -0.115. The molecule has 2 aromatic carbocycles. The van der Waals surface area contributed by atoms with Gasteiger partial charge in [0.2, 0.25) is 5.91 Å². The van der Waals surface area contributed by atoms with E-state index in [1.807, 2.05) is 25.1 Å². The molecule has 2 N–H and O–H groups in total.